The molecule has 0 aliphatic rings. The number of esters is 1. The van der Waals surface area contributed by atoms with Gasteiger partial charge in [0.15, 0.2) is 10.8 Å². The molecule has 5 nitrogen and oxygen atoms in total. The van der Waals surface area contributed by atoms with Crippen molar-refractivity contribution in [3.63, 3.8) is 0 Å². The van der Waals surface area contributed by atoms with Crippen molar-refractivity contribution in [2.24, 2.45) is 0 Å². The van der Waals surface area contributed by atoms with Gasteiger partial charge in [0, 0.05) is 6.92 Å². The number of carbonyl (C=O) groups is 2. The van der Waals surface area contributed by atoms with Gasteiger partial charge in [-0.2, -0.15) is 0 Å². The highest BCUT2D eigenvalue weighted by Gasteiger charge is 2.17. The van der Waals surface area contributed by atoms with Crippen molar-refractivity contribution in [2.75, 3.05) is 12.4 Å². The topological polar surface area (TPSA) is 68.3 Å². The molecule has 0 atom stereocenters. The summed E-state index contributed by atoms with van der Waals surface area (Å²) in [5.41, 5.74) is 0.168. The zero-order chi connectivity index (χ0) is 10.7. The van der Waals surface area contributed by atoms with Gasteiger partial charge in [0.1, 0.15) is 3.79 Å². The zero-order valence-corrected chi connectivity index (χ0v) is 9.86. The molecule has 14 heavy (non-hydrogen) atoms. The highest BCUT2D eigenvalue weighted by molar-refractivity contribution is 9.11. The summed E-state index contributed by atoms with van der Waals surface area (Å²) in [4.78, 5) is 25.7. The summed E-state index contributed by atoms with van der Waals surface area (Å²) >= 11 is 4.31. The lowest BCUT2D eigenvalue weighted by molar-refractivity contribution is -0.114. The number of methoxy groups -OCH3 is 1. The molecule has 0 bridgehead atoms. The van der Waals surface area contributed by atoms with E-state index in [2.05, 4.69) is 31.0 Å². The molecule has 0 radical (unpaired) electrons. The first-order valence-electron chi connectivity index (χ1n) is 3.57. The molecule has 76 valence electrons. The Labute approximate surface area is 92.6 Å². The number of rotatable bonds is 2. The molecular weight excluding hydrogens is 272 g/mol. The van der Waals surface area contributed by atoms with Gasteiger partial charge in [-0.1, -0.05) is 11.3 Å². The molecule has 0 aromatic carbocycles. The monoisotopic (exact) mass is 278 g/mol. The van der Waals surface area contributed by atoms with E-state index in [0.29, 0.717) is 8.92 Å². The van der Waals surface area contributed by atoms with Crippen LogP contribution in [-0.4, -0.2) is 24.0 Å². The van der Waals surface area contributed by atoms with E-state index in [1.807, 2.05) is 0 Å². The second-order valence-corrected chi connectivity index (χ2v) is 4.63. The number of ether oxygens (including phenoxy) is 1. The normalized spacial score (nSPS) is 9.64. The van der Waals surface area contributed by atoms with Crippen LogP contribution in [0.25, 0.3) is 0 Å². The summed E-state index contributed by atoms with van der Waals surface area (Å²) in [6.07, 6.45) is 0. The lowest BCUT2D eigenvalue weighted by Crippen LogP contribution is -2.07. The zero-order valence-electron chi connectivity index (χ0n) is 7.46. The number of nitrogens with one attached hydrogen (secondary N) is 1. The molecule has 1 aromatic heterocycles. The SMILES string of the molecule is COC(=O)c1nc(NC(C)=O)sc1Br. The molecule has 1 rings (SSSR count). The van der Waals surface area contributed by atoms with Crippen LogP contribution in [0.15, 0.2) is 3.79 Å². The van der Waals surface area contributed by atoms with Crippen molar-refractivity contribution in [3.8, 4) is 0 Å². The molecule has 0 saturated carbocycles. The number of aromatic nitrogens is 1. The van der Waals surface area contributed by atoms with Crippen LogP contribution in [0, 0.1) is 0 Å². The van der Waals surface area contributed by atoms with Crippen molar-refractivity contribution in [3.05, 3.63) is 9.48 Å². The van der Waals surface area contributed by atoms with Crippen LogP contribution in [0.5, 0.6) is 0 Å². The van der Waals surface area contributed by atoms with Crippen molar-refractivity contribution < 1.29 is 14.3 Å². The second-order valence-electron chi connectivity index (χ2n) is 2.31. The van der Waals surface area contributed by atoms with Gasteiger partial charge < -0.3 is 10.1 Å². The number of hydrogen-bond donors (Lipinski definition) is 1. The van der Waals surface area contributed by atoms with E-state index in [0.717, 1.165) is 11.3 Å². The predicted molar refractivity (Wildman–Crippen MR) is 55.5 cm³/mol. The van der Waals surface area contributed by atoms with Gasteiger partial charge in [0.05, 0.1) is 7.11 Å². The Kier molecular flexibility index (Phi) is 3.59. The molecule has 0 aliphatic carbocycles. The third-order valence-electron chi connectivity index (χ3n) is 1.25. The number of nitrogens with zero attached hydrogens (tertiary/aromatic N) is 1. The predicted octanol–water partition coefficient (Wildman–Crippen LogP) is 1.65. The fourth-order valence-electron chi connectivity index (χ4n) is 0.728. The van der Waals surface area contributed by atoms with E-state index in [-0.39, 0.29) is 11.6 Å². The first kappa shape index (κ1) is 11.1. The number of amides is 1. The quantitative estimate of drug-likeness (QED) is 0.836. The largest absolute Gasteiger partial charge is 0.464 e. The Balaban J connectivity index is 2.93. The third kappa shape index (κ3) is 2.52. The molecule has 1 N–H and O–H groups in total. The first-order valence-corrected chi connectivity index (χ1v) is 5.17. The lowest BCUT2D eigenvalue weighted by atomic mass is 10.5. The van der Waals surface area contributed by atoms with Crippen LogP contribution in [0.3, 0.4) is 0 Å². The molecule has 0 spiro atoms. The minimum Gasteiger partial charge on any atom is -0.464 e. The summed E-state index contributed by atoms with van der Waals surface area (Å²) in [6, 6.07) is 0. The highest BCUT2D eigenvalue weighted by atomic mass is 79.9. The fraction of sp³-hybridized carbons (Fsp3) is 0.286. The Morgan fingerprint density at radius 3 is 2.71 bits per heavy atom. The van der Waals surface area contributed by atoms with Crippen LogP contribution >= 0.6 is 27.3 Å². The van der Waals surface area contributed by atoms with Gasteiger partial charge in [-0.3, -0.25) is 4.79 Å². The molecule has 0 unspecified atom stereocenters. The average Bonchev–Trinajstić information content (AvgIpc) is 2.44. The van der Waals surface area contributed by atoms with Gasteiger partial charge in [0.25, 0.3) is 0 Å². The maximum absolute atomic E-state index is 11.1. The minimum absolute atomic E-state index is 0.168. The van der Waals surface area contributed by atoms with Gasteiger partial charge in [0.2, 0.25) is 5.91 Å². The fourth-order valence-corrected chi connectivity index (χ4v) is 2.17. The lowest BCUT2D eigenvalue weighted by Gasteiger charge is -1.93. The molecule has 0 saturated heterocycles. The molecule has 0 aliphatic heterocycles. The Hall–Kier alpha value is -0.950. The smallest absolute Gasteiger partial charge is 0.358 e. The average molecular weight is 279 g/mol. The number of hydrogen-bond acceptors (Lipinski definition) is 5. The van der Waals surface area contributed by atoms with Crippen molar-refractivity contribution >= 4 is 44.3 Å². The van der Waals surface area contributed by atoms with Crippen molar-refractivity contribution in [1.29, 1.82) is 0 Å². The van der Waals surface area contributed by atoms with Gasteiger partial charge >= 0.3 is 5.97 Å². The van der Waals surface area contributed by atoms with E-state index >= 15 is 0 Å². The van der Waals surface area contributed by atoms with E-state index < -0.39 is 5.97 Å². The summed E-state index contributed by atoms with van der Waals surface area (Å²) in [5.74, 6) is -0.771. The van der Waals surface area contributed by atoms with Gasteiger partial charge in [-0.25, -0.2) is 9.78 Å². The van der Waals surface area contributed by atoms with Gasteiger partial charge in [-0.15, -0.1) is 0 Å². The Morgan fingerprint density at radius 1 is 1.57 bits per heavy atom. The number of thiazole rings is 1. The summed E-state index contributed by atoms with van der Waals surface area (Å²) < 4.78 is 5.03. The number of halogens is 1. The van der Waals surface area contributed by atoms with E-state index in [1.165, 1.54) is 14.0 Å². The van der Waals surface area contributed by atoms with Crippen molar-refractivity contribution in [1.82, 2.24) is 4.98 Å². The minimum atomic E-state index is -0.537. The first-order chi connectivity index (χ1) is 6.54. The maximum atomic E-state index is 11.1. The number of carbonyl (C=O) groups excluding carboxylic acids is 2. The molecule has 1 amide bonds. The summed E-state index contributed by atoms with van der Waals surface area (Å²) in [6.45, 7) is 1.37. The molecule has 0 fully saturated rings. The molecule has 7 heteroatoms. The summed E-state index contributed by atoms with van der Waals surface area (Å²) in [7, 11) is 1.27. The summed E-state index contributed by atoms with van der Waals surface area (Å²) in [5, 5.41) is 2.84. The maximum Gasteiger partial charge on any atom is 0.358 e. The highest BCUT2D eigenvalue weighted by Crippen LogP contribution is 2.28. The Morgan fingerprint density at radius 2 is 2.21 bits per heavy atom. The van der Waals surface area contributed by atoms with E-state index in [4.69, 9.17) is 0 Å². The van der Waals surface area contributed by atoms with Crippen LogP contribution in [-0.2, 0) is 9.53 Å². The van der Waals surface area contributed by atoms with Crippen LogP contribution < -0.4 is 5.32 Å². The van der Waals surface area contributed by atoms with E-state index in [9.17, 15) is 9.59 Å². The third-order valence-corrected chi connectivity index (χ3v) is 2.87. The van der Waals surface area contributed by atoms with Crippen LogP contribution in [0.4, 0.5) is 5.13 Å². The van der Waals surface area contributed by atoms with Crippen LogP contribution in [0.1, 0.15) is 17.4 Å². The number of anilines is 1. The Bertz CT molecular complexity index is 377. The molecule has 1 aromatic rings. The van der Waals surface area contributed by atoms with E-state index in [1.54, 1.807) is 0 Å². The second kappa shape index (κ2) is 4.52. The van der Waals surface area contributed by atoms with Crippen LogP contribution in [0.2, 0.25) is 0 Å². The standard InChI is InChI=1S/C7H7BrN2O3S/c1-3(11)9-7-10-4(5(8)14-7)6(12)13-2/h1-2H3,(H,9,10,11). The molecular formula is C7H7BrN2O3S. The van der Waals surface area contributed by atoms with Gasteiger partial charge in [-0.05, 0) is 15.9 Å². The van der Waals surface area contributed by atoms with Crippen molar-refractivity contribution in [2.45, 2.75) is 6.92 Å². The molecule has 1 heterocycles.